The number of carbonyl (C=O) groups excluding carboxylic acids is 2. The number of imide groups is 1. The fourth-order valence-electron chi connectivity index (χ4n) is 3.22. The van der Waals surface area contributed by atoms with Crippen molar-refractivity contribution < 1.29 is 9.59 Å². The Hall–Kier alpha value is -1.65. The number of hydrogen-bond acceptors (Lipinski definition) is 3. The van der Waals surface area contributed by atoms with Crippen molar-refractivity contribution in [3.05, 3.63) is 18.2 Å². The highest BCUT2D eigenvalue weighted by atomic mass is 16.2. The van der Waals surface area contributed by atoms with Gasteiger partial charge in [-0.25, -0.2) is 4.98 Å². The van der Waals surface area contributed by atoms with Gasteiger partial charge in [-0.2, -0.15) is 0 Å². The van der Waals surface area contributed by atoms with Gasteiger partial charge in [0.25, 0.3) is 0 Å². The van der Waals surface area contributed by atoms with Crippen molar-refractivity contribution in [1.82, 2.24) is 14.9 Å². The number of hydrogen-bond donors (Lipinski definition) is 1. The molecule has 1 aromatic heterocycles. The average Bonchev–Trinajstić information content (AvgIpc) is 3.00. The summed E-state index contributed by atoms with van der Waals surface area (Å²) in [5.41, 5.74) is 0. The minimum atomic E-state index is -0.0518. The summed E-state index contributed by atoms with van der Waals surface area (Å²) in [5.74, 6) is 1.27. The van der Waals surface area contributed by atoms with Crippen LogP contribution in [0, 0.1) is 17.8 Å². The summed E-state index contributed by atoms with van der Waals surface area (Å²) in [4.78, 5) is 32.9. The number of carbonyl (C=O) groups is 2. The smallest absolute Gasteiger partial charge is 0.233 e. The summed E-state index contributed by atoms with van der Waals surface area (Å²) in [6.07, 6.45) is 5.78. The summed E-state index contributed by atoms with van der Waals surface area (Å²) >= 11 is 0. The van der Waals surface area contributed by atoms with E-state index in [1.165, 1.54) is 4.90 Å². The van der Waals surface area contributed by atoms with Crippen molar-refractivity contribution in [2.45, 2.75) is 26.2 Å². The van der Waals surface area contributed by atoms with E-state index in [4.69, 9.17) is 0 Å². The van der Waals surface area contributed by atoms with Crippen LogP contribution in [0.3, 0.4) is 0 Å². The lowest BCUT2D eigenvalue weighted by molar-refractivity contribution is -0.140. The van der Waals surface area contributed by atoms with Gasteiger partial charge in [0.1, 0.15) is 5.82 Å². The SMILES string of the molecule is CC1CC2C(=O)N(CCc3ncc[nH]3)C(=O)C2C1. The van der Waals surface area contributed by atoms with Crippen LogP contribution < -0.4 is 0 Å². The zero-order valence-corrected chi connectivity index (χ0v) is 10.4. The molecule has 1 aromatic rings. The Balaban J connectivity index is 1.67. The van der Waals surface area contributed by atoms with Crippen molar-refractivity contribution >= 4 is 11.8 Å². The van der Waals surface area contributed by atoms with E-state index in [-0.39, 0.29) is 23.7 Å². The number of likely N-dealkylation sites (tertiary alicyclic amines) is 1. The number of aromatic nitrogens is 2. The molecule has 0 aromatic carbocycles. The number of rotatable bonds is 3. The second-order valence-corrected chi connectivity index (χ2v) is 5.40. The zero-order chi connectivity index (χ0) is 12.7. The van der Waals surface area contributed by atoms with Gasteiger partial charge in [-0.05, 0) is 18.8 Å². The molecule has 1 aliphatic carbocycles. The van der Waals surface area contributed by atoms with Gasteiger partial charge in [0.05, 0.1) is 11.8 Å². The highest BCUT2D eigenvalue weighted by Crippen LogP contribution is 2.42. The molecule has 1 N–H and O–H groups in total. The van der Waals surface area contributed by atoms with Crippen LogP contribution in [-0.4, -0.2) is 33.2 Å². The molecule has 2 aliphatic rings. The third kappa shape index (κ3) is 1.74. The van der Waals surface area contributed by atoms with Crippen LogP contribution in [0.15, 0.2) is 12.4 Å². The maximum Gasteiger partial charge on any atom is 0.233 e. The van der Waals surface area contributed by atoms with E-state index in [1.54, 1.807) is 12.4 Å². The summed E-state index contributed by atoms with van der Waals surface area (Å²) in [6, 6.07) is 0. The zero-order valence-electron chi connectivity index (χ0n) is 10.4. The lowest BCUT2D eigenvalue weighted by atomic mass is 10.00. The van der Waals surface area contributed by atoms with E-state index in [0.29, 0.717) is 18.9 Å². The van der Waals surface area contributed by atoms with Crippen LogP contribution in [0.4, 0.5) is 0 Å². The van der Waals surface area contributed by atoms with Crippen LogP contribution in [0.25, 0.3) is 0 Å². The molecule has 2 atom stereocenters. The minimum Gasteiger partial charge on any atom is -0.349 e. The molecule has 2 heterocycles. The third-order valence-corrected chi connectivity index (χ3v) is 4.09. The maximum absolute atomic E-state index is 12.2. The van der Waals surface area contributed by atoms with Crippen LogP contribution >= 0.6 is 0 Å². The standard InChI is InChI=1S/C13H17N3O2/c1-8-6-9-10(7-8)13(18)16(12(9)17)5-2-11-14-3-4-15-11/h3-4,8-10H,2,5-7H2,1H3,(H,14,15). The average molecular weight is 247 g/mol. The summed E-state index contributed by atoms with van der Waals surface area (Å²) < 4.78 is 0. The molecule has 1 aliphatic heterocycles. The van der Waals surface area contributed by atoms with Gasteiger partial charge in [0, 0.05) is 25.4 Å². The van der Waals surface area contributed by atoms with Crippen molar-refractivity contribution in [2.75, 3.05) is 6.54 Å². The molecule has 5 heteroatoms. The fourth-order valence-corrected chi connectivity index (χ4v) is 3.22. The molecule has 2 amide bonds. The normalized spacial score (nSPS) is 31.2. The predicted octanol–water partition coefficient (Wildman–Crippen LogP) is 0.983. The quantitative estimate of drug-likeness (QED) is 0.810. The number of nitrogens with one attached hydrogen (secondary N) is 1. The minimum absolute atomic E-state index is 0.0286. The number of imidazole rings is 1. The molecular formula is C13H17N3O2. The van der Waals surface area contributed by atoms with Crippen molar-refractivity contribution in [1.29, 1.82) is 0 Å². The van der Waals surface area contributed by atoms with E-state index in [0.717, 1.165) is 18.7 Å². The summed E-state index contributed by atoms with van der Waals surface area (Å²) in [7, 11) is 0. The Kier molecular flexibility index (Phi) is 2.69. The predicted molar refractivity (Wildman–Crippen MR) is 64.4 cm³/mol. The molecule has 0 bridgehead atoms. The molecule has 18 heavy (non-hydrogen) atoms. The molecule has 2 fully saturated rings. The molecule has 1 saturated carbocycles. The number of H-pyrrole nitrogens is 1. The van der Waals surface area contributed by atoms with Crippen molar-refractivity contribution in [3.8, 4) is 0 Å². The summed E-state index contributed by atoms with van der Waals surface area (Å²) in [6.45, 7) is 2.57. The molecule has 96 valence electrons. The highest BCUT2D eigenvalue weighted by Gasteiger charge is 2.51. The first-order chi connectivity index (χ1) is 8.66. The molecule has 2 unspecified atom stereocenters. The molecule has 1 saturated heterocycles. The number of aromatic amines is 1. The Morgan fingerprint density at radius 1 is 1.33 bits per heavy atom. The Morgan fingerprint density at radius 3 is 2.56 bits per heavy atom. The largest absolute Gasteiger partial charge is 0.349 e. The fraction of sp³-hybridized carbons (Fsp3) is 0.615. The van der Waals surface area contributed by atoms with E-state index in [2.05, 4.69) is 16.9 Å². The molecule has 0 radical (unpaired) electrons. The first-order valence-corrected chi connectivity index (χ1v) is 6.50. The lowest BCUT2D eigenvalue weighted by Crippen LogP contribution is -2.34. The maximum atomic E-state index is 12.2. The topological polar surface area (TPSA) is 66.1 Å². The van der Waals surface area contributed by atoms with Gasteiger partial charge in [-0.15, -0.1) is 0 Å². The molecular weight excluding hydrogens is 230 g/mol. The second kappa shape index (κ2) is 4.23. The van der Waals surface area contributed by atoms with Gasteiger partial charge in [0.2, 0.25) is 11.8 Å². The van der Waals surface area contributed by atoms with Gasteiger partial charge < -0.3 is 4.98 Å². The highest BCUT2D eigenvalue weighted by molar-refractivity contribution is 6.05. The number of fused-ring (bicyclic) bond motifs is 1. The van der Waals surface area contributed by atoms with Crippen LogP contribution in [0.5, 0.6) is 0 Å². The number of amides is 2. The molecule has 5 nitrogen and oxygen atoms in total. The number of nitrogens with zero attached hydrogens (tertiary/aromatic N) is 2. The lowest BCUT2D eigenvalue weighted by Gasteiger charge is -2.15. The van der Waals surface area contributed by atoms with E-state index < -0.39 is 0 Å². The monoisotopic (exact) mass is 247 g/mol. The van der Waals surface area contributed by atoms with Gasteiger partial charge in [-0.3, -0.25) is 14.5 Å². The van der Waals surface area contributed by atoms with Crippen molar-refractivity contribution in [2.24, 2.45) is 17.8 Å². The van der Waals surface area contributed by atoms with Crippen LogP contribution in [0.2, 0.25) is 0 Å². The van der Waals surface area contributed by atoms with Crippen LogP contribution in [0.1, 0.15) is 25.6 Å². The third-order valence-electron chi connectivity index (χ3n) is 4.09. The van der Waals surface area contributed by atoms with E-state index in [9.17, 15) is 9.59 Å². The first-order valence-electron chi connectivity index (χ1n) is 6.50. The molecule has 0 spiro atoms. The van der Waals surface area contributed by atoms with E-state index >= 15 is 0 Å². The Labute approximate surface area is 106 Å². The first kappa shape index (κ1) is 11.4. The van der Waals surface area contributed by atoms with Crippen molar-refractivity contribution in [3.63, 3.8) is 0 Å². The molecule has 3 rings (SSSR count). The summed E-state index contributed by atoms with van der Waals surface area (Å²) in [5, 5.41) is 0. The van der Waals surface area contributed by atoms with Gasteiger partial charge in [0.15, 0.2) is 0 Å². The van der Waals surface area contributed by atoms with Crippen LogP contribution in [-0.2, 0) is 16.0 Å². The second-order valence-electron chi connectivity index (χ2n) is 5.40. The van der Waals surface area contributed by atoms with Gasteiger partial charge >= 0.3 is 0 Å². The van der Waals surface area contributed by atoms with Gasteiger partial charge in [-0.1, -0.05) is 6.92 Å². The Morgan fingerprint density at radius 2 is 2.00 bits per heavy atom. The Bertz CT molecular complexity index is 445. The van der Waals surface area contributed by atoms with E-state index in [1.807, 2.05) is 0 Å².